The Labute approximate surface area is 187 Å². The molecule has 0 bridgehead atoms. The van der Waals surface area contributed by atoms with Crippen LogP contribution in [0.1, 0.15) is 27.2 Å². The molecule has 31 heavy (non-hydrogen) atoms. The average molecular weight is 430 g/mol. The van der Waals surface area contributed by atoms with Gasteiger partial charge in [-0.3, -0.25) is 4.79 Å². The molecule has 4 aromatic rings. The summed E-state index contributed by atoms with van der Waals surface area (Å²) < 4.78 is 1.63. The number of hydrogen-bond acceptors (Lipinski definition) is 2. The molecule has 5 heteroatoms. The van der Waals surface area contributed by atoms with Gasteiger partial charge in [-0.25, -0.2) is 4.68 Å². The van der Waals surface area contributed by atoms with Crippen LogP contribution in [-0.2, 0) is 6.42 Å². The van der Waals surface area contributed by atoms with Crippen LogP contribution >= 0.6 is 11.6 Å². The second kappa shape index (κ2) is 9.19. The van der Waals surface area contributed by atoms with E-state index in [0.717, 1.165) is 17.7 Å². The van der Waals surface area contributed by atoms with E-state index in [4.69, 9.17) is 16.7 Å². The number of benzene rings is 3. The Morgan fingerprint density at radius 3 is 2.42 bits per heavy atom. The molecule has 1 heterocycles. The summed E-state index contributed by atoms with van der Waals surface area (Å²) in [7, 11) is 0. The summed E-state index contributed by atoms with van der Waals surface area (Å²) in [5, 5.41) is 8.30. The molecule has 1 aromatic heterocycles. The van der Waals surface area contributed by atoms with Gasteiger partial charge < -0.3 is 5.32 Å². The third-order valence-electron chi connectivity index (χ3n) is 5.37. The first kappa shape index (κ1) is 20.9. The van der Waals surface area contributed by atoms with Crippen molar-refractivity contribution in [3.8, 4) is 16.9 Å². The lowest BCUT2D eigenvalue weighted by Gasteiger charge is -2.10. The van der Waals surface area contributed by atoms with E-state index in [1.165, 1.54) is 16.7 Å². The number of aryl methyl sites for hydroxylation is 2. The van der Waals surface area contributed by atoms with Crippen LogP contribution in [0.2, 0.25) is 5.02 Å². The van der Waals surface area contributed by atoms with Gasteiger partial charge in [0.05, 0.1) is 16.4 Å². The van der Waals surface area contributed by atoms with E-state index in [1.807, 2.05) is 48.5 Å². The number of halogens is 1. The highest BCUT2D eigenvalue weighted by Gasteiger charge is 2.19. The lowest BCUT2D eigenvalue weighted by molar-refractivity contribution is 0.0946. The van der Waals surface area contributed by atoms with Crippen LogP contribution in [-0.4, -0.2) is 22.2 Å². The first-order chi connectivity index (χ1) is 15.0. The van der Waals surface area contributed by atoms with Crippen molar-refractivity contribution in [1.29, 1.82) is 0 Å². The Hall–Kier alpha value is -3.37. The molecule has 0 atom stereocenters. The average Bonchev–Trinajstić information content (AvgIpc) is 3.22. The molecular formula is C26H24ClN3O. The number of rotatable bonds is 6. The van der Waals surface area contributed by atoms with Crippen LogP contribution in [0, 0.1) is 13.8 Å². The van der Waals surface area contributed by atoms with Gasteiger partial charge in [-0.05, 0) is 61.2 Å². The molecule has 0 saturated heterocycles. The fourth-order valence-corrected chi connectivity index (χ4v) is 3.66. The number of hydrogen-bond donors (Lipinski definition) is 1. The largest absolute Gasteiger partial charge is 0.350 e. The number of carbonyl (C=O) groups is 1. The quantitative estimate of drug-likeness (QED) is 0.422. The van der Waals surface area contributed by atoms with Gasteiger partial charge in [-0.15, -0.1) is 0 Å². The highest BCUT2D eigenvalue weighted by atomic mass is 35.5. The molecule has 1 N–H and O–H groups in total. The molecule has 0 radical (unpaired) electrons. The molecule has 0 saturated carbocycles. The van der Waals surface area contributed by atoms with Crippen LogP contribution in [0.4, 0.5) is 0 Å². The van der Waals surface area contributed by atoms with E-state index in [0.29, 0.717) is 22.9 Å². The predicted molar refractivity (Wildman–Crippen MR) is 126 cm³/mol. The van der Waals surface area contributed by atoms with Gasteiger partial charge in [0.2, 0.25) is 0 Å². The number of nitrogens with one attached hydrogen (secondary N) is 1. The summed E-state index contributed by atoms with van der Waals surface area (Å²) in [6, 6.07) is 25.5. The minimum absolute atomic E-state index is 0.182. The Balaban J connectivity index is 1.66. The maximum absolute atomic E-state index is 13.1. The molecule has 4 nitrogen and oxygen atoms in total. The SMILES string of the molecule is Cc1ccc(-c2cc(C(=O)NCCc3ccccc3)n(-c3ccccc3Cl)n2)cc1C. The zero-order valence-electron chi connectivity index (χ0n) is 17.6. The van der Waals surface area contributed by atoms with Crippen molar-refractivity contribution >= 4 is 17.5 Å². The van der Waals surface area contributed by atoms with Crippen molar-refractivity contribution in [1.82, 2.24) is 15.1 Å². The number of amides is 1. The van der Waals surface area contributed by atoms with E-state index in [2.05, 4.69) is 43.4 Å². The third-order valence-corrected chi connectivity index (χ3v) is 5.69. The molecule has 156 valence electrons. The lowest BCUT2D eigenvalue weighted by Crippen LogP contribution is -2.27. The second-order valence-corrected chi connectivity index (χ2v) is 7.98. The summed E-state index contributed by atoms with van der Waals surface area (Å²) in [5.74, 6) is -0.182. The summed E-state index contributed by atoms with van der Waals surface area (Å²) in [6.45, 7) is 4.68. The molecule has 0 aliphatic rings. The van der Waals surface area contributed by atoms with Gasteiger partial charge in [0.1, 0.15) is 5.69 Å². The van der Waals surface area contributed by atoms with Crippen molar-refractivity contribution in [2.75, 3.05) is 6.54 Å². The first-order valence-corrected chi connectivity index (χ1v) is 10.7. The van der Waals surface area contributed by atoms with Crippen molar-refractivity contribution < 1.29 is 4.79 Å². The molecule has 0 aliphatic carbocycles. The number of nitrogens with zero attached hydrogens (tertiary/aromatic N) is 2. The Morgan fingerprint density at radius 1 is 0.935 bits per heavy atom. The van der Waals surface area contributed by atoms with Crippen LogP contribution in [0.15, 0.2) is 78.9 Å². The van der Waals surface area contributed by atoms with Crippen LogP contribution < -0.4 is 5.32 Å². The molecule has 0 aliphatic heterocycles. The van der Waals surface area contributed by atoms with Crippen LogP contribution in [0.3, 0.4) is 0 Å². The standard InChI is InChI=1S/C26H24ClN3O/c1-18-12-13-21(16-19(18)2)23-17-25(30(29-23)24-11-7-6-10-22(24)27)26(31)28-15-14-20-8-4-3-5-9-20/h3-13,16-17H,14-15H2,1-2H3,(H,28,31). The molecule has 4 rings (SSSR count). The first-order valence-electron chi connectivity index (χ1n) is 10.3. The lowest BCUT2D eigenvalue weighted by atomic mass is 10.0. The monoisotopic (exact) mass is 429 g/mol. The summed E-state index contributed by atoms with van der Waals surface area (Å²) in [6.07, 6.45) is 0.761. The van der Waals surface area contributed by atoms with E-state index >= 15 is 0 Å². The maximum atomic E-state index is 13.1. The summed E-state index contributed by atoms with van der Waals surface area (Å²) in [5.41, 5.74) is 6.40. The van der Waals surface area contributed by atoms with Gasteiger partial charge in [-0.1, -0.05) is 66.2 Å². The van der Waals surface area contributed by atoms with Crippen molar-refractivity contribution in [2.45, 2.75) is 20.3 Å². The summed E-state index contributed by atoms with van der Waals surface area (Å²) >= 11 is 6.43. The topological polar surface area (TPSA) is 46.9 Å². The van der Waals surface area contributed by atoms with Crippen LogP contribution in [0.25, 0.3) is 16.9 Å². The number of carbonyl (C=O) groups excluding carboxylic acids is 1. The van der Waals surface area contributed by atoms with Gasteiger partial charge in [-0.2, -0.15) is 5.10 Å². The zero-order valence-corrected chi connectivity index (χ0v) is 18.4. The fourth-order valence-electron chi connectivity index (χ4n) is 3.45. The maximum Gasteiger partial charge on any atom is 0.270 e. The van der Waals surface area contributed by atoms with Crippen molar-refractivity contribution in [3.05, 3.63) is 106 Å². The minimum Gasteiger partial charge on any atom is -0.350 e. The normalized spacial score (nSPS) is 10.8. The molecule has 0 fully saturated rings. The van der Waals surface area contributed by atoms with Crippen molar-refractivity contribution in [2.24, 2.45) is 0 Å². The molecule has 3 aromatic carbocycles. The fraction of sp³-hybridized carbons (Fsp3) is 0.154. The minimum atomic E-state index is -0.182. The van der Waals surface area contributed by atoms with Crippen molar-refractivity contribution in [3.63, 3.8) is 0 Å². The predicted octanol–water partition coefficient (Wildman–Crippen LogP) is 5.78. The van der Waals surface area contributed by atoms with Gasteiger partial charge in [0.25, 0.3) is 5.91 Å². The van der Waals surface area contributed by atoms with Crippen LogP contribution in [0.5, 0.6) is 0 Å². The molecule has 0 unspecified atom stereocenters. The van der Waals surface area contributed by atoms with E-state index in [1.54, 1.807) is 10.7 Å². The highest BCUT2D eigenvalue weighted by molar-refractivity contribution is 6.32. The van der Waals surface area contributed by atoms with Gasteiger partial charge in [0.15, 0.2) is 0 Å². The summed E-state index contributed by atoms with van der Waals surface area (Å²) in [4.78, 5) is 13.1. The third kappa shape index (κ3) is 4.70. The number of para-hydroxylation sites is 1. The van der Waals surface area contributed by atoms with E-state index < -0.39 is 0 Å². The van der Waals surface area contributed by atoms with E-state index in [9.17, 15) is 4.79 Å². The van der Waals surface area contributed by atoms with Gasteiger partial charge in [0, 0.05) is 12.1 Å². The Morgan fingerprint density at radius 2 is 1.68 bits per heavy atom. The molecule has 1 amide bonds. The van der Waals surface area contributed by atoms with Gasteiger partial charge >= 0.3 is 0 Å². The highest BCUT2D eigenvalue weighted by Crippen LogP contribution is 2.26. The van der Waals surface area contributed by atoms with E-state index in [-0.39, 0.29) is 5.91 Å². The second-order valence-electron chi connectivity index (χ2n) is 7.57. The Kier molecular flexibility index (Phi) is 6.19. The Bertz CT molecular complexity index is 1210. The molecule has 0 spiro atoms. The smallest absolute Gasteiger partial charge is 0.270 e. The molecular weight excluding hydrogens is 406 g/mol. The zero-order chi connectivity index (χ0) is 21.8. The number of aromatic nitrogens is 2.